The molecule has 1 N–H and O–H groups in total. The Morgan fingerprint density at radius 3 is 2.65 bits per heavy atom. The van der Waals surface area contributed by atoms with Gasteiger partial charge in [-0.3, -0.25) is 4.90 Å². The maximum Gasteiger partial charge on any atom is 0.230 e. The number of hydrogen-bond donors (Lipinski definition) is 1. The fourth-order valence-electron chi connectivity index (χ4n) is 1.90. The van der Waals surface area contributed by atoms with Crippen LogP contribution in [0.5, 0.6) is 0 Å². The van der Waals surface area contributed by atoms with E-state index in [9.17, 15) is 0 Å². The lowest BCUT2D eigenvalue weighted by atomic mass is 10.1. The SMILES string of the molecule is Cc1ccccc1Cc1nnc(CN(C)C(C)CO)o1. The van der Waals surface area contributed by atoms with Crippen LogP contribution in [-0.4, -0.2) is 39.9 Å². The van der Waals surface area contributed by atoms with Crippen molar-refractivity contribution in [1.29, 1.82) is 0 Å². The largest absolute Gasteiger partial charge is 0.424 e. The van der Waals surface area contributed by atoms with Gasteiger partial charge in [-0.05, 0) is 32.0 Å². The Bertz CT molecular complexity index is 554. The molecule has 2 aromatic rings. The van der Waals surface area contributed by atoms with Crippen LogP contribution in [0.2, 0.25) is 0 Å². The molecule has 0 radical (unpaired) electrons. The Kier molecular flexibility index (Phi) is 4.87. The van der Waals surface area contributed by atoms with Crippen LogP contribution in [0.15, 0.2) is 28.7 Å². The summed E-state index contributed by atoms with van der Waals surface area (Å²) >= 11 is 0. The number of aliphatic hydroxyl groups excluding tert-OH is 1. The van der Waals surface area contributed by atoms with Gasteiger partial charge in [0.25, 0.3) is 0 Å². The highest BCUT2D eigenvalue weighted by molar-refractivity contribution is 5.27. The van der Waals surface area contributed by atoms with Gasteiger partial charge >= 0.3 is 0 Å². The van der Waals surface area contributed by atoms with Crippen LogP contribution in [0.4, 0.5) is 0 Å². The van der Waals surface area contributed by atoms with Gasteiger partial charge in [-0.1, -0.05) is 24.3 Å². The average molecular weight is 275 g/mol. The molecule has 1 aromatic heterocycles. The van der Waals surface area contributed by atoms with Gasteiger partial charge in [-0.2, -0.15) is 0 Å². The van der Waals surface area contributed by atoms with E-state index in [0.29, 0.717) is 24.7 Å². The van der Waals surface area contributed by atoms with Crippen LogP contribution >= 0.6 is 0 Å². The zero-order valence-corrected chi connectivity index (χ0v) is 12.2. The second-order valence-electron chi connectivity index (χ2n) is 5.14. The number of likely N-dealkylation sites (N-methyl/N-ethyl adjacent to an activating group) is 1. The number of benzene rings is 1. The van der Waals surface area contributed by atoms with Crippen LogP contribution in [-0.2, 0) is 13.0 Å². The number of aliphatic hydroxyl groups is 1. The van der Waals surface area contributed by atoms with Gasteiger partial charge < -0.3 is 9.52 Å². The van der Waals surface area contributed by atoms with Gasteiger partial charge in [-0.15, -0.1) is 10.2 Å². The van der Waals surface area contributed by atoms with Crippen LogP contribution in [0.3, 0.4) is 0 Å². The van der Waals surface area contributed by atoms with E-state index in [1.807, 2.05) is 31.0 Å². The zero-order chi connectivity index (χ0) is 14.5. The van der Waals surface area contributed by atoms with Crippen molar-refractivity contribution in [3.05, 3.63) is 47.2 Å². The van der Waals surface area contributed by atoms with Gasteiger partial charge in [0, 0.05) is 6.04 Å². The molecule has 0 aliphatic heterocycles. The highest BCUT2D eigenvalue weighted by Crippen LogP contribution is 2.13. The van der Waals surface area contributed by atoms with E-state index in [-0.39, 0.29) is 12.6 Å². The summed E-state index contributed by atoms with van der Waals surface area (Å²) in [7, 11) is 1.92. The predicted molar refractivity (Wildman–Crippen MR) is 76.3 cm³/mol. The van der Waals surface area contributed by atoms with E-state index in [2.05, 4.69) is 29.3 Å². The highest BCUT2D eigenvalue weighted by atomic mass is 16.4. The van der Waals surface area contributed by atoms with Crippen LogP contribution in [0, 0.1) is 6.92 Å². The highest BCUT2D eigenvalue weighted by Gasteiger charge is 2.13. The molecule has 0 aliphatic carbocycles. The molecule has 0 amide bonds. The van der Waals surface area contributed by atoms with Crippen LogP contribution in [0.1, 0.15) is 29.8 Å². The summed E-state index contributed by atoms with van der Waals surface area (Å²) in [6.07, 6.45) is 0.652. The van der Waals surface area contributed by atoms with Gasteiger partial charge in [-0.25, -0.2) is 0 Å². The first-order valence-corrected chi connectivity index (χ1v) is 6.77. The second kappa shape index (κ2) is 6.63. The van der Waals surface area contributed by atoms with Gasteiger partial charge in [0.05, 0.1) is 19.6 Å². The first-order chi connectivity index (χ1) is 9.60. The van der Waals surface area contributed by atoms with E-state index in [4.69, 9.17) is 9.52 Å². The maximum atomic E-state index is 9.11. The molecule has 0 spiro atoms. The molecule has 0 fully saturated rings. The Balaban J connectivity index is 2.01. The summed E-state index contributed by atoms with van der Waals surface area (Å²) in [5, 5.41) is 17.2. The van der Waals surface area contributed by atoms with Crippen molar-refractivity contribution in [2.75, 3.05) is 13.7 Å². The second-order valence-corrected chi connectivity index (χ2v) is 5.14. The molecule has 1 unspecified atom stereocenters. The molecule has 1 atom stereocenters. The minimum Gasteiger partial charge on any atom is -0.424 e. The number of aryl methyl sites for hydroxylation is 1. The van der Waals surface area contributed by atoms with Crippen molar-refractivity contribution >= 4 is 0 Å². The fourth-order valence-corrected chi connectivity index (χ4v) is 1.90. The molecular weight excluding hydrogens is 254 g/mol. The summed E-state index contributed by atoms with van der Waals surface area (Å²) in [6.45, 7) is 4.68. The third-order valence-corrected chi connectivity index (χ3v) is 3.51. The van der Waals surface area contributed by atoms with Crippen molar-refractivity contribution in [2.45, 2.75) is 32.9 Å². The number of hydrogen-bond acceptors (Lipinski definition) is 5. The van der Waals surface area contributed by atoms with Crippen molar-refractivity contribution in [3.63, 3.8) is 0 Å². The minimum atomic E-state index is 0.0710. The summed E-state index contributed by atoms with van der Waals surface area (Å²) < 4.78 is 5.66. The molecule has 0 bridgehead atoms. The quantitative estimate of drug-likeness (QED) is 0.870. The molecule has 20 heavy (non-hydrogen) atoms. The van der Waals surface area contributed by atoms with Gasteiger partial charge in [0.2, 0.25) is 11.8 Å². The summed E-state index contributed by atoms with van der Waals surface area (Å²) in [5.41, 5.74) is 2.41. The molecule has 5 heteroatoms. The third kappa shape index (κ3) is 3.65. The molecule has 5 nitrogen and oxygen atoms in total. The van der Waals surface area contributed by atoms with Crippen molar-refractivity contribution < 1.29 is 9.52 Å². The first kappa shape index (κ1) is 14.7. The van der Waals surface area contributed by atoms with Gasteiger partial charge in [0.15, 0.2) is 0 Å². The minimum absolute atomic E-state index is 0.0710. The van der Waals surface area contributed by atoms with E-state index in [1.165, 1.54) is 11.1 Å². The molecular formula is C15H21N3O2. The molecule has 108 valence electrons. The lowest BCUT2D eigenvalue weighted by molar-refractivity contribution is 0.144. The summed E-state index contributed by atoms with van der Waals surface area (Å²) in [4.78, 5) is 1.98. The van der Waals surface area contributed by atoms with E-state index in [1.54, 1.807) is 0 Å². The number of rotatable bonds is 6. The Hall–Kier alpha value is -1.72. The number of nitrogens with zero attached hydrogens (tertiary/aromatic N) is 3. The van der Waals surface area contributed by atoms with Crippen molar-refractivity contribution in [3.8, 4) is 0 Å². The normalized spacial score (nSPS) is 12.8. The third-order valence-electron chi connectivity index (χ3n) is 3.51. The Morgan fingerprint density at radius 1 is 1.25 bits per heavy atom. The molecule has 1 aromatic carbocycles. The Labute approximate surface area is 119 Å². The monoisotopic (exact) mass is 275 g/mol. The fraction of sp³-hybridized carbons (Fsp3) is 0.467. The topological polar surface area (TPSA) is 62.4 Å². The molecule has 2 rings (SSSR count). The smallest absolute Gasteiger partial charge is 0.230 e. The zero-order valence-electron chi connectivity index (χ0n) is 12.2. The molecule has 1 heterocycles. The van der Waals surface area contributed by atoms with E-state index < -0.39 is 0 Å². The molecule has 0 saturated heterocycles. The summed E-state index contributed by atoms with van der Waals surface area (Å²) in [5.74, 6) is 1.20. The lowest BCUT2D eigenvalue weighted by Crippen LogP contribution is -2.31. The molecule has 0 aliphatic rings. The van der Waals surface area contributed by atoms with Crippen LogP contribution in [0.25, 0.3) is 0 Å². The summed E-state index contributed by atoms with van der Waals surface area (Å²) in [6, 6.07) is 8.24. The van der Waals surface area contributed by atoms with Crippen molar-refractivity contribution in [1.82, 2.24) is 15.1 Å². The number of aromatic nitrogens is 2. The maximum absolute atomic E-state index is 9.11. The van der Waals surface area contributed by atoms with E-state index >= 15 is 0 Å². The van der Waals surface area contributed by atoms with Crippen LogP contribution < -0.4 is 0 Å². The lowest BCUT2D eigenvalue weighted by Gasteiger charge is -2.20. The predicted octanol–water partition coefficient (Wildman–Crippen LogP) is 1.78. The molecule has 0 saturated carbocycles. The van der Waals surface area contributed by atoms with Crippen molar-refractivity contribution in [2.24, 2.45) is 0 Å². The first-order valence-electron chi connectivity index (χ1n) is 6.77. The van der Waals surface area contributed by atoms with E-state index in [0.717, 1.165) is 0 Å². The standard InChI is InChI=1S/C15H21N3O2/c1-11-6-4-5-7-13(11)8-14-16-17-15(20-14)9-18(3)12(2)10-19/h4-7,12,19H,8-10H2,1-3H3. The van der Waals surface area contributed by atoms with Gasteiger partial charge in [0.1, 0.15) is 0 Å². The average Bonchev–Trinajstić information content (AvgIpc) is 2.87. The Morgan fingerprint density at radius 2 is 1.95 bits per heavy atom.